The number of nitrogens with one attached hydrogen (secondary N) is 2. The first kappa shape index (κ1) is 27.5. The zero-order valence-corrected chi connectivity index (χ0v) is 22.8. The normalized spacial score (nSPS) is 12.5. The summed E-state index contributed by atoms with van der Waals surface area (Å²) in [6, 6.07) is 11.8. The van der Waals surface area contributed by atoms with Crippen LogP contribution in [-0.4, -0.2) is 36.0 Å². The zero-order chi connectivity index (χ0) is 25.5. The zero-order valence-electron chi connectivity index (χ0n) is 21.8. The molecule has 0 aliphatic heterocycles. The molecule has 0 aliphatic carbocycles. The maximum atomic E-state index is 13.7. The van der Waals surface area contributed by atoms with Crippen LogP contribution in [0, 0.1) is 39.0 Å². The first-order valence-corrected chi connectivity index (χ1v) is 15.0. The van der Waals surface area contributed by atoms with Crippen LogP contribution in [0.5, 0.6) is 0 Å². The number of benzene rings is 2. The fourth-order valence-electron chi connectivity index (χ4n) is 5.07. The summed E-state index contributed by atoms with van der Waals surface area (Å²) >= 11 is 0. The van der Waals surface area contributed by atoms with E-state index in [0.29, 0.717) is 11.7 Å². The molecule has 2 amide bonds. The van der Waals surface area contributed by atoms with Gasteiger partial charge in [0.1, 0.15) is 0 Å². The molecule has 1 atom stereocenters. The van der Waals surface area contributed by atoms with Crippen molar-refractivity contribution >= 4 is 30.5 Å². The Labute approximate surface area is 205 Å². The molecule has 0 saturated carbocycles. The molecule has 0 aliphatic rings. The first-order chi connectivity index (χ1) is 16.1. The second kappa shape index (κ2) is 12.1. The van der Waals surface area contributed by atoms with Crippen LogP contribution in [0.2, 0.25) is 0 Å². The third-order valence-electron chi connectivity index (χ3n) is 7.21. The minimum atomic E-state index is -2.29. The van der Waals surface area contributed by atoms with Gasteiger partial charge in [0.2, 0.25) is 0 Å². The molecular formula is C28H40N3O2P. The van der Waals surface area contributed by atoms with E-state index in [1.54, 1.807) is 12.1 Å². The molecular weight excluding hydrogens is 441 g/mol. The Kier molecular flexibility index (Phi) is 9.83. The summed E-state index contributed by atoms with van der Waals surface area (Å²) in [5.41, 5.74) is 5.94. The van der Waals surface area contributed by atoms with Gasteiger partial charge in [0.05, 0.1) is 0 Å². The van der Waals surface area contributed by atoms with Gasteiger partial charge >= 0.3 is 206 Å². The van der Waals surface area contributed by atoms with Gasteiger partial charge in [-0.05, 0) is 0 Å². The van der Waals surface area contributed by atoms with Crippen LogP contribution in [0.1, 0.15) is 61.4 Å². The Balaban J connectivity index is 2.34. The summed E-state index contributed by atoms with van der Waals surface area (Å²) in [5, 5.41) is 15.6. The van der Waals surface area contributed by atoms with Crippen molar-refractivity contribution in [1.82, 2.24) is 0 Å². The molecule has 2 N–H and O–H groups in total. The van der Waals surface area contributed by atoms with E-state index in [1.807, 2.05) is 45.9 Å². The molecule has 2 aromatic carbocycles. The predicted molar refractivity (Wildman–Crippen MR) is 147 cm³/mol. The van der Waals surface area contributed by atoms with Crippen molar-refractivity contribution in [1.29, 1.82) is 5.26 Å². The molecule has 1 unspecified atom stereocenters. The van der Waals surface area contributed by atoms with E-state index >= 15 is 0 Å². The number of rotatable bonds is 10. The molecule has 34 heavy (non-hydrogen) atoms. The average molecular weight is 482 g/mol. The van der Waals surface area contributed by atoms with Gasteiger partial charge in [-0.15, -0.1) is 0 Å². The van der Waals surface area contributed by atoms with Crippen molar-refractivity contribution in [3.8, 4) is 6.07 Å². The van der Waals surface area contributed by atoms with E-state index < -0.39 is 7.26 Å². The van der Waals surface area contributed by atoms with E-state index in [2.05, 4.69) is 37.5 Å². The van der Waals surface area contributed by atoms with E-state index in [1.165, 1.54) is 0 Å². The van der Waals surface area contributed by atoms with E-state index in [9.17, 15) is 14.9 Å². The molecule has 0 spiro atoms. The molecule has 184 valence electrons. The molecule has 0 aromatic heterocycles. The maximum absolute atomic E-state index is 13.7. The summed E-state index contributed by atoms with van der Waals surface area (Å²) in [5.74, 6) is 0.0143. The Hall–Kier alpha value is -2.70. The van der Waals surface area contributed by atoms with Crippen molar-refractivity contribution in [3.05, 3.63) is 58.1 Å². The number of hydrogen-bond donors (Lipinski definition) is 2. The number of para-hydroxylation sites is 1. The van der Waals surface area contributed by atoms with Gasteiger partial charge in [-0.1, -0.05) is 0 Å². The Morgan fingerprint density at radius 1 is 0.912 bits per heavy atom. The number of aryl methyl sites for hydroxylation is 4. The molecule has 0 fully saturated rings. The van der Waals surface area contributed by atoms with Crippen molar-refractivity contribution in [3.63, 3.8) is 0 Å². The molecule has 0 radical (unpaired) electrons. The predicted octanol–water partition coefficient (Wildman–Crippen LogP) is 6.33. The van der Waals surface area contributed by atoms with Gasteiger partial charge in [-0.3, -0.25) is 0 Å². The fourth-order valence-corrected chi connectivity index (χ4v) is 9.56. The van der Waals surface area contributed by atoms with Gasteiger partial charge in [-0.25, -0.2) is 0 Å². The molecule has 0 bridgehead atoms. The van der Waals surface area contributed by atoms with Crippen molar-refractivity contribution in [2.45, 2.75) is 67.0 Å². The quantitative estimate of drug-likeness (QED) is 0.389. The van der Waals surface area contributed by atoms with Crippen molar-refractivity contribution in [2.75, 3.05) is 29.1 Å². The Morgan fingerprint density at radius 2 is 1.44 bits per heavy atom. The van der Waals surface area contributed by atoms with E-state index in [4.69, 9.17) is 0 Å². The first-order valence-electron chi connectivity index (χ1n) is 12.3. The van der Waals surface area contributed by atoms with Crippen molar-refractivity contribution in [2.24, 2.45) is 0 Å². The SMILES string of the molecule is CCCC(C(=O)Nc1c(C)cc(C#N)cc1C)[PH](CC)(CC)CC(=O)Nc1c(C)cccc1C. The van der Waals surface area contributed by atoms with E-state index in [0.717, 1.165) is 58.8 Å². The number of amides is 2. The summed E-state index contributed by atoms with van der Waals surface area (Å²) in [6.07, 6.45) is 3.82. The van der Waals surface area contributed by atoms with Crippen LogP contribution in [0.3, 0.4) is 0 Å². The van der Waals surface area contributed by atoms with Crippen LogP contribution in [0.15, 0.2) is 30.3 Å². The molecule has 2 aromatic rings. The van der Waals surface area contributed by atoms with Crippen molar-refractivity contribution < 1.29 is 9.59 Å². The van der Waals surface area contributed by atoms with Gasteiger partial charge in [0.15, 0.2) is 0 Å². The number of nitriles is 1. The minimum absolute atomic E-state index is 0.00686. The topological polar surface area (TPSA) is 82.0 Å². The van der Waals surface area contributed by atoms with Gasteiger partial charge < -0.3 is 0 Å². The standard InChI is InChI=1S/C28H40N3O2P/c1-8-12-24(28(33)31-27-21(6)15-23(17-29)16-22(27)7)34(9-2,10-3)18-25(32)30-26-19(4)13-11-14-20(26)5/h11,13-16,24,34H,8-10,12,18H2,1-7H3,(H,30,32)(H,31,33). The summed E-state index contributed by atoms with van der Waals surface area (Å²) in [6.45, 7) is 14.2. The average Bonchev–Trinajstić information content (AvgIpc) is 2.80. The summed E-state index contributed by atoms with van der Waals surface area (Å²) < 4.78 is 0. The van der Waals surface area contributed by atoms with Crippen LogP contribution in [0.4, 0.5) is 11.4 Å². The van der Waals surface area contributed by atoms with Gasteiger partial charge in [0, 0.05) is 0 Å². The molecule has 5 nitrogen and oxygen atoms in total. The van der Waals surface area contributed by atoms with Crippen LogP contribution in [0.25, 0.3) is 0 Å². The summed E-state index contributed by atoms with van der Waals surface area (Å²) in [4.78, 5) is 27.0. The van der Waals surface area contributed by atoms with Gasteiger partial charge in [-0.2, -0.15) is 0 Å². The summed E-state index contributed by atoms with van der Waals surface area (Å²) in [7, 11) is -2.29. The third-order valence-corrected chi connectivity index (χ3v) is 13.1. The molecule has 0 saturated heterocycles. The number of carbonyl (C=O) groups excluding carboxylic acids is 2. The van der Waals surface area contributed by atoms with Crippen LogP contribution in [-0.2, 0) is 9.59 Å². The Bertz CT molecular complexity index is 1040. The third kappa shape index (κ3) is 6.24. The number of anilines is 2. The number of carbonyl (C=O) groups is 2. The molecule has 0 heterocycles. The number of nitrogens with zero attached hydrogens (tertiary/aromatic N) is 1. The molecule has 2 rings (SSSR count). The van der Waals surface area contributed by atoms with Crippen LogP contribution >= 0.6 is 7.26 Å². The monoisotopic (exact) mass is 481 g/mol. The second-order valence-corrected chi connectivity index (χ2v) is 14.7. The second-order valence-electron chi connectivity index (χ2n) is 9.49. The van der Waals surface area contributed by atoms with Gasteiger partial charge in [0.25, 0.3) is 0 Å². The van der Waals surface area contributed by atoms with Crippen LogP contribution < -0.4 is 10.6 Å². The fraction of sp³-hybridized carbons (Fsp3) is 0.464. The molecule has 6 heteroatoms. The van der Waals surface area contributed by atoms with E-state index in [-0.39, 0.29) is 17.5 Å². The number of hydrogen-bond acceptors (Lipinski definition) is 3. The Morgan fingerprint density at radius 3 is 1.91 bits per heavy atom.